The molecule has 0 bridgehead atoms. The molecule has 730 valence electrons. The highest BCUT2D eigenvalue weighted by atomic mass is 16.5. The minimum atomic E-state index is -0.113. The quantitative estimate of drug-likeness (QED) is 0.0716. The number of nitrogens with zero attached hydrogens (tertiary/aromatic N) is 18. The van der Waals surface area contributed by atoms with E-state index in [0.29, 0.717) is 109 Å². The first-order valence-corrected chi connectivity index (χ1v) is 47.4. The largest absolute Gasteiger partial charge is 0.497 e. The van der Waals surface area contributed by atoms with Crippen molar-refractivity contribution in [1.29, 1.82) is 0 Å². The summed E-state index contributed by atoms with van der Waals surface area (Å²) < 4.78 is 50.4. The van der Waals surface area contributed by atoms with E-state index in [0.717, 1.165) is 192 Å². The van der Waals surface area contributed by atoms with Crippen LogP contribution in [0.15, 0.2) is 249 Å². The number of benzene rings is 5. The molecule has 33 nitrogen and oxygen atoms in total. The summed E-state index contributed by atoms with van der Waals surface area (Å²) in [6, 6.07) is 60.6. The van der Waals surface area contributed by atoms with Crippen molar-refractivity contribution in [2.75, 3.05) is 213 Å². The Labute approximate surface area is 813 Å². The standard InChI is InChI=1S/C23H28N4O3.C22H26N4O3.C21H24N4O3.C21H24N4O2.C20H22N4O2/c1-4-9-25-10-12-26(13-11-25)18-6-8-22-24-19(15-23(28)27(22)16-18)17-5-7-20(29-2)21(14-17)30-3;1-14-11-25(12-15(2)23-14)17-6-8-21-24-18(10-22(27)26(21)13-17)16-5-7-19(28-3)20(9-16)29-4;1-23-8-10-24(11-9-23)16-5-7-20-22-17(13-21(26)25(20)14-16)15-4-6-18(27-2)19(12-15)28-3;1-23-10-3-11-24(13-12-23)17-6-9-20-22-19(14-21(26)25(20)15-17)16-4-7-18(27-2)8-5-16;1-14-12-23(10-9-21-14)16-5-8-19-22-18(11-20(25)24(19)13-16)15-3-6-17(26-2)7-4-15/h5-8,14-16H,4,9-13H2,1-3H3;5-10,13-15,23H,11-12H2,1-4H3;4-7,12-14H,8-11H2,1-3H3;4-9,14-15H,3,10-13H2,1-2H3;3-8,11,13-14,21H,9-10,12H2,1-2H3/t;14-,15+;;;14-/m....0/s1. The number of ether oxygens (including phenoxy) is 8. The third kappa shape index (κ3) is 23.2. The first-order valence-electron chi connectivity index (χ1n) is 47.4. The van der Waals surface area contributed by atoms with Crippen LogP contribution >= 0.6 is 0 Å². The van der Waals surface area contributed by atoms with E-state index in [-0.39, 0.29) is 27.8 Å². The fourth-order valence-electron chi connectivity index (χ4n) is 18.3. The average Bonchev–Trinajstić information content (AvgIpc) is 0.905. The van der Waals surface area contributed by atoms with Crippen molar-refractivity contribution in [2.24, 2.45) is 0 Å². The number of piperazine rings is 4. The molecule has 5 saturated heterocycles. The molecule has 5 aliphatic rings. The van der Waals surface area contributed by atoms with Gasteiger partial charge < -0.3 is 82.8 Å². The van der Waals surface area contributed by atoms with Gasteiger partial charge in [0, 0.05) is 212 Å². The Morgan fingerprint density at radius 2 is 0.586 bits per heavy atom. The zero-order valence-corrected chi connectivity index (χ0v) is 82.1. The first-order chi connectivity index (χ1) is 68.0. The van der Waals surface area contributed by atoms with Crippen molar-refractivity contribution in [3.63, 3.8) is 0 Å². The Hall–Kier alpha value is -14.9. The summed E-state index contributed by atoms with van der Waals surface area (Å²) in [7, 11) is 17.1. The number of anilines is 5. The van der Waals surface area contributed by atoms with Gasteiger partial charge in [-0.3, -0.25) is 50.9 Å². The minimum absolute atomic E-state index is 0.0698. The molecule has 0 radical (unpaired) electrons. The third-order valence-electron chi connectivity index (χ3n) is 25.9. The molecule has 5 aliphatic heterocycles. The van der Waals surface area contributed by atoms with Gasteiger partial charge in [0.25, 0.3) is 27.8 Å². The lowest BCUT2D eigenvalue weighted by Gasteiger charge is -2.37. The molecule has 0 saturated carbocycles. The van der Waals surface area contributed by atoms with E-state index < -0.39 is 0 Å². The van der Waals surface area contributed by atoms with Gasteiger partial charge in [-0.15, -0.1) is 0 Å². The van der Waals surface area contributed by atoms with Crippen molar-refractivity contribution in [1.82, 2.24) is 72.3 Å². The molecule has 10 aromatic heterocycles. The highest BCUT2D eigenvalue weighted by molar-refractivity contribution is 5.71. The number of methoxy groups -OCH3 is 8. The molecule has 5 aromatic carbocycles. The van der Waals surface area contributed by atoms with Crippen LogP contribution in [0, 0.1) is 0 Å². The molecule has 0 amide bonds. The van der Waals surface area contributed by atoms with Gasteiger partial charge in [-0.2, -0.15) is 0 Å². The molecule has 0 aliphatic carbocycles. The number of likely N-dealkylation sites (N-methyl/N-ethyl adjacent to an activating group) is 2. The van der Waals surface area contributed by atoms with Gasteiger partial charge in [-0.05, 0) is 225 Å². The van der Waals surface area contributed by atoms with Gasteiger partial charge in [-0.25, -0.2) is 24.9 Å². The number of rotatable bonds is 20. The van der Waals surface area contributed by atoms with E-state index >= 15 is 0 Å². The number of hydrogen-bond donors (Lipinski definition) is 2. The monoisotopic (exact) mass is 1900 g/mol. The zero-order chi connectivity index (χ0) is 98.2. The first kappa shape index (κ1) is 98.2. The van der Waals surface area contributed by atoms with Gasteiger partial charge in [-0.1, -0.05) is 6.92 Å². The number of nitrogens with one attached hydrogen (secondary N) is 2. The van der Waals surface area contributed by atoms with E-state index in [1.54, 1.807) is 109 Å². The second-order valence-electron chi connectivity index (χ2n) is 35.6. The highest BCUT2D eigenvalue weighted by Gasteiger charge is 2.26. The molecule has 2 N–H and O–H groups in total. The molecular formula is C107H124N20O13. The van der Waals surface area contributed by atoms with Crippen LogP contribution in [0.3, 0.4) is 0 Å². The smallest absolute Gasteiger partial charge is 0.258 e. The summed E-state index contributed by atoms with van der Waals surface area (Å²) >= 11 is 0. The number of aromatic nitrogens is 10. The number of fused-ring (bicyclic) bond motifs is 5. The van der Waals surface area contributed by atoms with Gasteiger partial charge in [0.05, 0.1) is 114 Å². The Bertz CT molecular complexity index is 7170. The fraction of sp³-hybridized carbons (Fsp3) is 0.346. The normalized spacial score (nSPS) is 16.5. The highest BCUT2D eigenvalue weighted by Crippen LogP contribution is 2.36. The van der Waals surface area contributed by atoms with Crippen LogP contribution in [-0.4, -0.2) is 269 Å². The predicted octanol–water partition coefficient (Wildman–Crippen LogP) is 12.3. The fourth-order valence-corrected chi connectivity index (χ4v) is 18.3. The van der Waals surface area contributed by atoms with Crippen molar-refractivity contribution in [3.05, 3.63) is 277 Å². The molecule has 3 atom stereocenters. The topological polar surface area (TPSA) is 296 Å². The molecule has 15 aromatic rings. The molecule has 140 heavy (non-hydrogen) atoms. The van der Waals surface area contributed by atoms with Gasteiger partial charge in [0.1, 0.15) is 39.7 Å². The van der Waals surface area contributed by atoms with Gasteiger partial charge in [0.15, 0.2) is 34.5 Å². The van der Waals surface area contributed by atoms with Crippen molar-refractivity contribution in [3.8, 4) is 102 Å². The summed E-state index contributed by atoms with van der Waals surface area (Å²) in [5.74, 6) is 5.29. The van der Waals surface area contributed by atoms with Crippen LogP contribution in [0.1, 0.15) is 40.5 Å². The lowest BCUT2D eigenvalue weighted by Crippen LogP contribution is -2.54. The molecule has 33 heteroatoms. The Kier molecular flexibility index (Phi) is 31.7. The third-order valence-corrected chi connectivity index (χ3v) is 25.9. The van der Waals surface area contributed by atoms with Crippen LogP contribution in [0.2, 0.25) is 0 Å². The van der Waals surface area contributed by atoms with Crippen molar-refractivity contribution in [2.45, 2.75) is 58.7 Å². The Morgan fingerprint density at radius 3 is 0.907 bits per heavy atom. The van der Waals surface area contributed by atoms with E-state index in [2.05, 4.69) is 124 Å². The van der Waals surface area contributed by atoms with E-state index in [1.807, 2.05) is 183 Å². The molecule has 5 fully saturated rings. The Balaban J connectivity index is 0.000000126. The lowest BCUT2D eigenvalue weighted by atomic mass is 10.1. The van der Waals surface area contributed by atoms with Crippen molar-refractivity contribution >= 4 is 56.7 Å². The lowest BCUT2D eigenvalue weighted by molar-refractivity contribution is 0.258. The molecule has 20 rings (SSSR count). The minimum Gasteiger partial charge on any atom is -0.497 e. The maximum absolute atomic E-state index is 12.9. The summed E-state index contributed by atoms with van der Waals surface area (Å²) in [4.78, 5) is 106. The second-order valence-corrected chi connectivity index (χ2v) is 35.6. The molecule has 15 heterocycles. The SMILES string of the molecule is CCCN1CCN(c2ccc3nc(-c4ccc(OC)c(OC)c4)cc(=O)n3c2)CC1.COc1ccc(-c2cc(=O)n3cc(N4CCCN(C)CC4)ccc3n2)cc1.COc1ccc(-c2cc(=O)n3cc(N4CCN(C)CC4)ccc3n2)cc1OC.COc1ccc(-c2cc(=O)n3cc(N4CCN[C@@H](C)C4)ccc3n2)cc1.COc1ccc(-c2cc(=O)n3cc(N4C[C@@H](C)N[C@@H](C)C4)ccc3n2)cc1OC. The molecular weight excluding hydrogens is 1770 g/mol. The van der Waals surface area contributed by atoms with Crippen LogP contribution in [0.4, 0.5) is 28.4 Å². The second kappa shape index (κ2) is 45.1. The number of hydrogen-bond acceptors (Lipinski definition) is 28. The summed E-state index contributed by atoms with van der Waals surface area (Å²) in [6.45, 7) is 26.6. The summed E-state index contributed by atoms with van der Waals surface area (Å²) in [5.41, 5.74) is 15.3. The van der Waals surface area contributed by atoms with E-state index in [1.165, 1.54) is 6.42 Å². The number of pyridine rings is 5. The van der Waals surface area contributed by atoms with Gasteiger partial charge in [0.2, 0.25) is 0 Å². The van der Waals surface area contributed by atoms with Crippen LogP contribution < -0.4 is 101 Å². The maximum Gasteiger partial charge on any atom is 0.258 e. The average molecular weight is 1900 g/mol. The maximum atomic E-state index is 12.9. The van der Waals surface area contributed by atoms with Crippen LogP contribution in [0.5, 0.6) is 46.0 Å². The van der Waals surface area contributed by atoms with Gasteiger partial charge >= 0.3 is 0 Å². The predicted molar refractivity (Wildman–Crippen MR) is 554 cm³/mol. The summed E-state index contributed by atoms with van der Waals surface area (Å²) in [6.07, 6.45) is 11.8. The van der Waals surface area contributed by atoms with E-state index in [9.17, 15) is 24.0 Å². The molecule has 0 spiro atoms. The van der Waals surface area contributed by atoms with Crippen LogP contribution in [-0.2, 0) is 0 Å². The molecule has 0 unspecified atom stereocenters. The Morgan fingerprint density at radius 1 is 0.293 bits per heavy atom. The van der Waals surface area contributed by atoms with E-state index in [4.69, 9.17) is 42.9 Å². The zero-order valence-electron chi connectivity index (χ0n) is 82.1. The summed E-state index contributed by atoms with van der Waals surface area (Å²) in [5, 5.41) is 6.96. The van der Waals surface area contributed by atoms with Crippen LogP contribution in [0.25, 0.3) is 84.5 Å². The van der Waals surface area contributed by atoms with Crippen molar-refractivity contribution < 1.29 is 37.9 Å².